The Kier molecular flexibility index (Phi) is 6.10. The molecule has 0 spiro atoms. The highest BCUT2D eigenvalue weighted by molar-refractivity contribution is 6.02. The third-order valence-corrected chi connectivity index (χ3v) is 14.3. The molecular formula is C33H54N2O3. The molecule has 5 heteroatoms. The summed E-state index contributed by atoms with van der Waals surface area (Å²) in [6.45, 7) is 16.5. The quantitative estimate of drug-likeness (QED) is 0.437. The van der Waals surface area contributed by atoms with E-state index in [1.165, 1.54) is 12.7 Å². The Morgan fingerprint density at radius 3 is 2.18 bits per heavy atom. The first-order valence-electron chi connectivity index (χ1n) is 15.2. The van der Waals surface area contributed by atoms with Crippen LogP contribution in [0.4, 0.5) is 0 Å². The van der Waals surface area contributed by atoms with Gasteiger partial charge in [-0.1, -0.05) is 47.1 Å². The van der Waals surface area contributed by atoms with Crippen LogP contribution in [0.15, 0.2) is 11.6 Å². The van der Waals surface area contributed by atoms with Crippen molar-refractivity contribution in [1.82, 2.24) is 4.90 Å². The molecule has 5 rings (SSSR count). The van der Waals surface area contributed by atoms with Crippen molar-refractivity contribution in [2.45, 2.75) is 118 Å². The molecule has 0 aliphatic heterocycles. The smallest absolute Gasteiger partial charge is 0.311 e. The van der Waals surface area contributed by atoms with Gasteiger partial charge in [0.05, 0.1) is 18.1 Å². The fourth-order valence-electron chi connectivity index (χ4n) is 11.6. The molecule has 214 valence electrons. The van der Waals surface area contributed by atoms with E-state index in [9.17, 15) is 9.59 Å². The molecule has 1 unspecified atom stereocenters. The zero-order valence-corrected chi connectivity index (χ0v) is 25.9. The topological polar surface area (TPSA) is 72.6 Å². The minimum atomic E-state index is -0.899. The zero-order chi connectivity index (χ0) is 28.3. The summed E-state index contributed by atoms with van der Waals surface area (Å²) in [7, 11) is 5.91. The predicted octanol–water partition coefficient (Wildman–Crippen LogP) is 6.15. The Morgan fingerprint density at radius 1 is 0.947 bits per heavy atom. The molecule has 0 aromatic heterocycles. The Bertz CT molecular complexity index is 1080. The van der Waals surface area contributed by atoms with Crippen molar-refractivity contribution in [1.29, 1.82) is 0 Å². The Morgan fingerprint density at radius 2 is 1.58 bits per heavy atom. The molecule has 4 saturated carbocycles. The summed E-state index contributed by atoms with van der Waals surface area (Å²) in [5.74, 6) is 0.633. The number of carbonyl (C=O) groups excluding carboxylic acids is 2. The molecule has 38 heavy (non-hydrogen) atoms. The van der Waals surface area contributed by atoms with Gasteiger partial charge in [0.1, 0.15) is 0 Å². The summed E-state index contributed by atoms with van der Waals surface area (Å²) in [5.41, 5.74) is 7.03. The van der Waals surface area contributed by atoms with Crippen LogP contribution in [-0.4, -0.2) is 49.4 Å². The second-order valence-corrected chi connectivity index (χ2v) is 16.2. The lowest BCUT2D eigenvalue weighted by atomic mass is 9.31. The number of hydrogen-bond acceptors (Lipinski definition) is 5. The molecule has 4 fully saturated rings. The van der Waals surface area contributed by atoms with E-state index in [1.54, 1.807) is 0 Å². The van der Waals surface area contributed by atoms with Gasteiger partial charge in [-0.05, 0) is 118 Å². The fraction of sp³-hybridized carbons (Fsp3) is 0.879. The van der Waals surface area contributed by atoms with Gasteiger partial charge in [0.2, 0.25) is 0 Å². The second-order valence-electron chi connectivity index (χ2n) is 16.2. The molecule has 2 N–H and O–H groups in total. The van der Waals surface area contributed by atoms with Crippen LogP contribution < -0.4 is 5.73 Å². The van der Waals surface area contributed by atoms with Gasteiger partial charge in [-0.25, -0.2) is 0 Å². The number of allylic oxidation sites excluding steroid dienone is 1. The van der Waals surface area contributed by atoms with Gasteiger partial charge in [-0.3, -0.25) is 9.59 Å². The van der Waals surface area contributed by atoms with E-state index in [1.807, 2.05) is 6.08 Å². The number of methoxy groups -OCH3 is 1. The molecule has 5 aliphatic carbocycles. The average molecular weight is 527 g/mol. The number of esters is 1. The number of ether oxygens (including phenoxy) is 1. The van der Waals surface area contributed by atoms with Crippen LogP contribution in [0.1, 0.15) is 106 Å². The van der Waals surface area contributed by atoms with Crippen LogP contribution in [0.2, 0.25) is 0 Å². The molecule has 9 atom stereocenters. The molecule has 0 heterocycles. The highest BCUT2D eigenvalue weighted by Crippen LogP contribution is 2.75. The van der Waals surface area contributed by atoms with Crippen molar-refractivity contribution in [2.24, 2.45) is 50.1 Å². The van der Waals surface area contributed by atoms with Gasteiger partial charge < -0.3 is 15.4 Å². The van der Waals surface area contributed by atoms with Gasteiger partial charge in [-0.2, -0.15) is 0 Å². The van der Waals surface area contributed by atoms with E-state index in [-0.39, 0.29) is 44.7 Å². The third-order valence-electron chi connectivity index (χ3n) is 14.3. The van der Waals surface area contributed by atoms with E-state index < -0.39 is 11.0 Å². The number of carbonyl (C=O) groups is 2. The van der Waals surface area contributed by atoms with Crippen molar-refractivity contribution in [3.8, 4) is 0 Å². The monoisotopic (exact) mass is 526 g/mol. The largest absolute Gasteiger partial charge is 0.469 e. The number of rotatable bonds is 2. The maximum absolute atomic E-state index is 14.7. The van der Waals surface area contributed by atoms with Gasteiger partial charge >= 0.3 is 5.97 Å². The minimum Gasteiger partial charge on any atom is -0.469 e. The van der Waals surface area contributed by atoms with Gasteiger partial charge in [0.15, 0.2) is 5.78 Å². The van der Waals surface area contributed by atoms with E-state index >= 15 is 0 Å². The number of fused-ring (bicyclic) bond motifs is 7. The van der Waals surface area contributed by atoms with Gasteiger partial charge in [0.25, 0.3) is 0 Å². The highest BCUT2D eigenvalue weighted by Gasteiger charge is 2.76. The number of ketones is 1. The fourth-order valence-corrected chi connectivity index (χ4v) is 11.6. The van der Waals surface area contributed by atoms with Crippen molar-refractivity contribution >= 4 is 11.8 Å². The molecule has 0 amide bonds. The van der Waals surface area contributed by atoms with Crippen molar-refractivity contribution in [3.63, 3.8) is 0 Å². The SMILES string of the molecule is COC(=O)[C@@]1(C)CC[C@]2(C)CC[C@]3(C)C(=CC(=O)[C@@]4(N)[C@@]3(C)CC[C@H]3C(C)(C)C(N(C)C)CC[C@@]34C)[C@H]2C1. The molecule has 5 nitrogen and oxygen atoms in total. The van der Waals surface area contributed by atoms with Crippen LogP contribution in [0.3, 0.4) is 0 Å². The van der Waals surface area contributed by atoms with Crippen LogP contribution >= 0.6 is 0 Å². The molecule has 0 saturated heterocycles. The number of nitrogens with two attached hydrogens (primary N) is 1. The van der Waals surface area contributed by atoms with Crippen LogP contribution in [-0.2, 0) is 14.3 Å². The van der Waals surface area contributed by atoms with Crippen LogP contribution in [0, 0.1) is 44.3 Å². The van der Waals surface area contributed by atoms with Crippen LogP contribution in [0.25, 0.3) is 0 Å². The van der Waals surface area contributed by atoms with E-state index in [0.717, 1.165) is 57.8 Å². The summed E-state index contributed by atoms with van der Waals surface area (Å²) in [4.78, 5) is 30.0. The summed E-state index contributed by atoms with van der Waals surface area (Å²) in [6, 6.07) is 0.488. The molecule has 5 aliphatic rings. The lowest BCUT2D eigenvalue weighted by molar-refractivity contribution is -0.204. The molecular weight excluding hydrogens is 472 g/mol. The third kappa shape index (κ3) is 3.12. The van der Waals surface area contributed by atoms with Crippen molar-refractivity contribution in [3.05, 3.63) is 11.6 Å². The van der Waals surface area contributed by atoms with Gasteiger partial charge in [-0.15, -0.1) is 0 Å². The molecule has 0 aromatic rings. The first-order chi connectivity index (χ1) is 17.4. The normalized spacial score (nSPS) is 51.7. The summed E-state index contributed by atoms with van der Waals surface area (Å²) in [5, 5.41) is 0. The summed E-state index contributed by atoms with van der Waals surface area (Å²) in [6.07, 6.45) is 11.0. The predicted molar refractivity (Wildman–Crippen MR) is 152 cm³/mol. The molecule has 0 aromatic carbocycles. The average Bonchev–Trinajstić information content (AvgIpc) is 2.83. The lowest BCUT2D eigenvalue weighted by Crippen LogP contribution is -2.80. The lowest BCUT2D eigenvalue weighted by Gasteiger charge is -2.74. The standard InChI is InChI=1S/C33H54N2O3/c1-27(2)23-11-14-32(7)30(5)18-17-28(3)15-16-29(4,26(37)38-10)20-22(28)21(30)19-25(36)33(32,34)31(23,6)13-12-24(27)35(8)9/h19,22-24H,11-18,20,34H2,1-10H3/t22-,23+,24?,28-,29+,30-,31+,32+,33+/m1/s1. The zero-order valence-electron chi connectivity index (χ0n) is 25.9. The Balaban J connectivity index is 1.64. The van der Waals surface area contributed by atoms with E-state index in [4.69, 9.17) is 10.5 Å². The minimum absolute atomic E-state index is 0.0756. The van der Waals surface area contributed by atoms with Crippen molar-refractivity contribution < 1.29 is 14.3 Å². The van der Waals surface area contributed by atoms with Gasteiger partial charge in [0, 0.05) is 11.5 Å². The number of hydrogen-bond donors (Lipinski definition) is 1. The van der Waals surface area contributed by atoms with Crippen molar-refractivity contribution in [2.75, 3.05) is 21.2 Å². The van der Waals surface area contributed by atoms with E-state index in [0.29, 0.717) is 12.0 Å². The maximum Gasteiger partial charge on any atom is 0.311 e. The molecule has 0 bridgehead atoms. The second kappa shape index (κ2) is 8.18. The van der Waals surface area contributed by atoms with E-state index in [2.05, 4.69) is 67.5 Å². The summed E-state index contributed by atoms with van der Waals surface area (Å²) < 4.78 is 5.28. The van der Waals surface area contributed by atoms with Crippen LogP contribution in [0.5, 0.6) is 0 Å². The number of nitrogens with zero attached hydrogens (tertiary/aromatic N) is 1. The highest BCUT2D eigenvalue weighted by atomic mass is 16.5. The first kappa shape index (κ1) is 28.3. The Hall–Kier alpha value is -1.20. The molecule has 0 radical (unpaired) electrons. The summed E-state index contributed by atoms with van der Waals surface area (Å²) >= 11 is 0. The Labute approximate surface area is 231 Å². The maximum atomic E-state index is 14.7. The first-order valence-corrected chi connectivity index (χ1v) is 15.2.